The Bertz CT molecular complexity index is 1040. The molecule has 0 bridgehead atoms. The molecular weight excluding hydrogens is 372 g/mol. The summed E-state index contributed by atoms with van der Waals surface area (Å²) in [7, 11) is 0. The number of hydrogen-bond donors (Lipinski definition) is 1. The van der Waals surface area contributed by atoms with Crippen LogP contribution in [0.1, 0.15) is 46.2 Å². The maximum absolute atomic E-state index is 12.8. The molecule has 1 N–H and O–H groups in total. The van der Waals surface area contributed by atoms with Crippen molar-refractivity contribution in [1.29, 1.82) is 0 Å². The van der Waals surface area contributed by atoms with E-state index in [1.54, 1.807) is 4.57 Å². The SMILES string of the molecule is Cc1cc(C(=O)CSc2n[nH]c(=O)n2CCc2ccccc2)c(C)n1C1CC1. The fraction of sp³-hybridized carbons (Fsp3) is 0.381. The van der Waals surface area contributed by atoms with Crippen molar-refractivity contribution in [3.63, 3.8) is 0 Å². The molecule has 4 rings (SSSR count). The minimum atomic E-state index is -0.238. The first-order valence-electron chi connectivity index (χ1n) is 9.58. The molecule has 1 aromatic carbocycles. The number of carbonyl (C=O) groups excluding carboxylic acids is 1. The molecule has 2 heterocycles. The van der Waals surface area contributed by atoms with Crippen LogP contribution in [0.4, 0.5) is 0 Å². The molecular formula is C21H24N4O2S. The number of nitrogens with zero attached hydrogens (tertiary/aromatic N) is 3. The maximum Gasteiger partial charge on any atom is 0.343 e. The molecule has 0 spiro atoms. The van der Waals surface area contributed by atoms with Crippen molar-refractivity contribution in [3.8, 4) is 0 Å². The highest BCUT2D eigenvalue weighted by Crippen LogP contribution is 2.38. The fourth-order valence-corrected chi connectivity index (χ4v) is 4.51. The van der Waals surface area contributed by atoms with E-state index in [2.05, 4.69) is 21.7 Å². The zero-order valence-corrected chi connectivity index (χ0v) is 17.0. The first-order chi connectivity index (χ1) is 13.5. The van der Waals surface area contributed by atoms with E-state index in [4.69, 9.17) is 0 Å². The highest BCUT2D eigenvalue weighted by Gasteiger charge is 2.28. The van der Waals surface area contributed by atoms with E-state index in [9.17, 15) is 9.59 Å². The first-order valence-corrected chi connectivity index (χ1v) is 10.6. The summed E-state index contributed by atoms with van der Waals surface area (Å²) in [6.45, 7) is 4.61. The van der Waals surface area contributed by atoms with Crippen molar-refractivity contribution in [2.45, 2.75) is 50.9 Å². The summed E-state index contributed by atoms with van der Waals surface area (Å²) in [5.41, 5.74) is 3.90. The quantitative estimate of drug-likeness (QED) is 0.467. The molecule has 0 atom stereocenters. The molecule has 2 aromatic heterocycles. The molecule has 1 aliphatic rings. The fourth-order valence-electron chi connectivity index (χ4n) is 3.66. The monoisotopic (exact) mass is 396 g/mol. The van der Waals surface area contributed by atoms with Crippen LogP contribution in [-0.2, 0) is 13.0 Å². The van der Waals surface area contributed by atoms with Gasteiger partial charge in [0.05, 0.1) is 5.75 Å². The summed E-state index contributed by atoms with van der Waals surface area (Å²) in [6.07, 6.45) is 3.13. The van der Waals surface area contributed by atoms with Gasteiger partial charge < -0.3 is 4.57 Å². The van der Waals surface area contributed by atoms with Gasteiger partial charge in [0.25, 0.3) is 0 Å². The van der Waals surface area contributed by atoms with Crippen LogP contribution in [0.5, 0.6) is 0 Å². The van der Waals surface area contributed by atoms with E-state index in [1.165, 1.54) is 24.6 Å². The maximum atomic E-state index is 12.8. The van der Waals surface area contributed by atoms with E-state index in [0.29, 0.717) is 17.7 Å². The molecule has 7 heteroatoms. The van der Waals surface area contributed by atoms with Crippen molar-refractivity contribution < 1.29 is 4.79 Å². The normalized spacial score (nSPS) is 13.8. The molecule has 0 aliphatic heterocycles. The van der Waals surface area contributed by atoms with E-state index in [0.717, 1.165) is 28.9 Å². The Morgan fingerprint density at radius 1 is 1.25 bits per heavy atom. The summed E-state index contributed by atoms with van der Waals surface area (Å²) in [5.74, 6) is 0.347. The predicted molar refractivity (Wildman–Crippen MR) is 110 cm³/mol. The number of H-pyrrole nitrogens is 1. The van der Waals surface area contributed by atoms with Crippen LogP contribution in [0.3, 0.4) is 0 Å². The van der Waals surface area contributed by atoms with Crippen molar-refractivity contribution in [2.24, 2.45) is 0 Å². The second-order valence-corrected chi connectivity index (χ2v) is 8.24. The van der Waals surface area contributed by atoms with Gasteiger partial charge in [-0.25, -0.2) is 9.89 Å². The third-order valence-electron chi connectivity index (χ3n) is 5.22. The Hall–Kier alpha value is -2.54. The van der Waals surface area contributed by atoms with Gasteiger partial charge in [-0.2, -0.15) is 0 Å². The van der Waals surface area contributed by atoms with Gasteiger partial charge in [0.2, 0.25) is 0 Å². The van der Waals surface area contributed by atoms with Gasteiger partial charge in [0.1, 0.15) is 0 Å². The Labute approximate surface area is 168 Å². The minimum absolute atomic E-state index is 0.0788. The summed E-state index contributed by atoms with van der Waals surface area (Å²) < 4.78 is 3.89. The molecule has 1 aliphatic carbocycles. The molecule has 6 nitrogen and oxygen atoms in total. The molecule has 28 heavy (non-hydrogen) atoms. The van der Waals surface area contributed by atoms with Crippen LogP contribution in [-0.4, -0.2) is 30.9 Å². The molecule has 0 amide bonds. The van der Waals surface area contributed by atoms with Crippen LogP contribution in [0.2, 0.25) is 0 Å². The first kappa shape index (κ1) is 18.8. The third kappa shape index (κ3) is 3.85. The van der Waals surface area contributed by atoms with Gasteiger partial charge in [-0.05, 0) is 44.7 Å². The zero-order chi connectivity index (χ0) is 19.7. The van der Waals surface area contributed by atoms with Gasteiger partial charge in [0.15, 0.2) is 10.9 Å². The number of Topliss-reactive ketones (excluding diaryl/α,β-unsaturated/α-hetero) is 1. The molecule has 146 valence electrons. The standard InChI is InChI=1S/C21H24N4O2S/c1-14-12-18(15(2)25(14)17-8-9-17)19(26)13-28-21-23-22-20(27)24(21)11-10-16-6-4-3-5-7-16/h3-7,12,17H,8-11,13H2,1-2H3,(H,22,27). The number of nitrogens with one attached hydrogen (secondary N) is 1. The molecule has 0 saturated heterocycles. The predicted octanol–water partition coefficient (Wildman–Crippen LogP) is 3.54. The molecule has 3 aromatic rings. The van der Waals surface area contributed by atoms with Crippen molar-refractivity contribution >= 4 is 17.5 Å². The van der Waals surface area contributed by atoms with Crippen LogP contribution in [0, 0.1) is 13.8 Å². The number of aromatic amines is 1. The minimum Gasteiger partial charge on any atom is -0.345 e. The van der Waals surface area contributed by atoms with Gasteiger partial charge in [-0.1, -0.05) is 42.1 Å². The van der Waals surface area contributed by atoms with Gasteiger partial charge >= 0.3 is 5.69 Å². The highest BCUT2D eigenvalue weighted by atomic mass is 32.2. The van der Waals surface area contributed by atoms with Crippen LogP contribution < -0.4 is 5.69 Å². The van der Waals surface area contributed by atoms with E-state index in [-0.39, 0.29) is 17.2 Å². The Kier molecular flexibility index (Phi) is 5.26. The number of rotatable bonds is 8. The second-order valence-electron chi connectivity index (χ2n) is 7.30. The van der Waals surface area contributed by atoms with Crippen LogP contribution >= 0.6 is 11.8 Å². The smallest absolute Gasteiger partial charge is 0.343 e. The molecule has 1 fully saturated rings. The second kappa shape index (κ2) is 7.83. The van der Waals surface area contributed by atoms with Crippen molar-refractivity contribution in [2.75, 3.05) is 5.75 Å². The number of aromatic nitrogens is 4. The van der Waals surface area contributed by atoms with Gasteiger partial charge in [0, 0.05) is 29.5 Å². The van der Waals surface area contributed by atoms with E-state index >= 15 is 0 Å². The summed E-state index contributed by atoms with van der Waals surface area (Å²) in [5, 5.41) is 7.17. The van der Waals surface area contributed by atoms with Gasteiger partial charge in [-0.3, -0.25) is 9.36 Å². The van der Waals surface area contributed by atoms with Crippen molar-refractivity contribution in [3.05, 3.63) is 69.4 Å². The Morgan fingerprint density at radius 2 is 2.00 bits per heavy atom. The largest absolute Gasteiger partial charge is 0.345 e. The van der Waals surface area contributed by atoms with Crippen LogP contribution in [0.25, 0.3) is 0 Å². The van der Waals surface area contributed by atoms with E-state index < -0.39 is 0 Å². The summed E-state index contributed by atoms with van der Waals surface area (Å²) >= 11 is 1.32. The lowest BCUT2D eigenvalue weighted by molar-refractivity contribution is 0.102. The highest BCUT2D eigenvalue weighted by molar-refractivity contribution is 7.99. The zero-order valence-electron chi connectivity index (χ0n) is 16.1. The molecule has 1 saturated carbocycles. The van der Waals surface area contributed by atoms with Crippen molar-refractivity contribution in [1.82, 2.24) is 19.3 Å². The summed E-state index contributed by atoms with van der Waals surface area (Å²) in [6, 6.07) is 12.6. The lowest BCUT2D eigenvalue weighted by Gasteiger charge is -2.08. The lowest BCUT2D eigenvalue weighted by Crippen LogP contribution is -2.19. The number of thioether (sulfide) groups is 1. The topological polar surface area (TPSA) is 72.7 Å². The number of hydrogen-bond acceptors (Lipinski definition) is 4. The van der Waals surface area contributed by atoms with E-state index in [1.807, 2.05) is 43.3 Å². The number of ketones is 1. The lowest BCUT2D eigenvalue weighted by atomic mass is 10.1. The number of carbonyl (C=O) groups is 1. The number of aryl methyl sites for hydroxylation is 2. The Balaban J connectivity index is 1.43. The van der Waals surface area contributed by atoms with Gasteiger partial charge in [-0.15, -0.1) is 5.10 Å². The average Bonchev–Trinajstić information content (AvgIpc) is 3.40. The average molecular weight is 397 g/mol. The molecule has 0 radical (unpaired) electrons. The Morgan fingerprint density at radius 3 is 2.71 bits per heavy atom. The third-order valence-corrected chi connectivity index (χ3v) is 6.20. The number of benzene rings is 1. The van der Waals surface area contributed by atoms with Crippen LogP contribution in [0.15, 0.2) is 46.3 Å². The summed E-state index contributed by atoms with van der Waals surface area (Å²) in [4.78, 5) is 24.9. The molecule has 0 unspecified atom stereocenters.